The normalized spacial score (nSPS) is 16.4. The Balaban J connectivity index is 1.85. The minimum Gasteiger partial charge on any atom is -0.372 e. The van der Waals surface area contributed by atoms with Gasteiger partial charge in [0.1, 0.15) is 11.5 Å². The van der Waals surface area contributed by atoms with E-state index in [1.807, 2.05) is 0 Å². The van der Waals surface area contributed by atoms with Gasteiger partial charge in [-0.1, -0.05) is 6.92 Å². The molecule has 0 saturated heterocycles. The Morgan fingerprint density at radius 1 is 1.47 bits per heavy atom. The fraction of sp³-hybridized carbons (Fsp3) is 0.583. The molecule has 2 rings (SSSR count). The van der Waals surface area contributed by atoms with Gasteiger partial charge < -0.3 is 10.6 Å². The molecule has 1 amide bonds. The van der Waals surface area contributed by atoms with Crippen molar-refractivity contribution >= 4 is 11.7 Å². The number of rotatable bonds is 5. The lowest BCUT2D eigenvalue weighted by atomic mass is 10.1. The van der Waals surface area contributed by atoms with Crippen LogP contribution in [0.4, 0.5) is 5.82 Å². The molecule has 5 nitrogen and oxygen atoms in total. The molecule has 0 bridgehead atoms. The van der Waals surface area contributed by atoms with E-state index in [1.54, 1.807) is 13.2 Å². The van der Waals surface area contributed by atoms with Crippen LogP contribution in [-0.4, -0.2) is 29.5 Å². The lowest BCUT2D eigenvalue weighted by molar-refractivity contribution is 0.0941. The molecule has 0 aromatic carbocycles. The van der Waals surface area contributed by atoms with Crippen LogP contribution in [0.3, 0.4) is 0 Å². The monoisotopic (exact) mass is 234 g/mol. The summed E-state index contributed by atoms with van der Waals surface area (Å²) in [6, 6.07) is 0. The van der Waals surface area contributed by atoms with E-state index in [2.05, 4.69) is 27.5 Å². The highest BCUT2D eigenvalue weighted by Gasteiger charge is 2.27. The standard InChI is InChI=1S/C12H18N4O/c1-8(9-3-4-9)5-16-12(17)10-6-15-11(13-2)7-14-10/h6-9H,3-5H2,1-2H3,(H,13,15)(H,16,17). The van der Waals surface area contributed by atoms with E-state index in [4.69, 9.17) is 0 Å². The predicted octanol–water partition coefficient (Wildman–Crippen LogP) is 1.29. The molecular formula is C12H18N4O. The summed E-state index contributed by atoms with van der Waals surface area (Å²) in [6.07, 6.45) is 5.64. The van der Waals surface area contributed by atoms with Crippen LogP contribution in [0.15, 0.2) is 12.4 Å². The van der Waals surface area contributed by atoms with Crippen molar-refractivity contribution in [1.82, 2.24) is 15.3 Å². The molecule has 17 heavy (non-hydrogen) atoms. The molecule has 1 aromatic rings. The third kappa shape index (κ3) is 3.15. The molecule has 92 valence electrons. The Labute approximate surface area is 101 Å². The molecule has 1 fully saturated rings. The molecule has 0 spiro atoms. The quantitative estimate of drug-likeness (QED) is 0.805. The van der Waals surface area contributed by atoms with Crippen molar-refractivity contribution in [3.05, 3.63) is 18.1 Å². The largest absolute Gasteiger partial charge is 0.372 e. The topological polar surface area (TPSA) is 66.9 Å². The van der Waals surface area contributed by atoms with Crippen LogP contribution in [-0.2, 0) is 0 Å². The molecule has 1 atom stereocenters. The van der Waals surface area contributed by atoms with E-state index in [0.717, 1.165) is 12.5 Å². The van der Waals surface area contributed by atoms with Crippen LogP contribution in [0, 0.1) is 11.8 Å². The summed E-state index contributed by atoms with van der Waals surface area (Å²) in [5.74, 6) is 1.87. The van der Waals surface area contributed by atoms with Crippen LogP contribution in [0.1, 0.15) is 30.3 Å². The van der Waals surface area contributed by atoms with E-state index >= 15 is 0 Å². The highest BCUT2D eigenvalue weighted by molar-refractivity contribution is 5.91. The number of amides is 1. The minimum absolute atomic E-state index is 0.146. The fourth-order valence-corrected chi connectivity index (χ4v) is 1.75. The summed E-state index contributed by atoms with van der Waals surface area (Å²) in [7, 11) is 1.76. The summed E-state index contributed by atoms with van der Waals surface area (Å²) >= 11 is 0. The molecule has 1 aliphatic rings. The van der Waals surface area contributed by atoms with Crippen LogP contribution in [0.25, 0.3) is 0 Å². The van der Waals surface area contributed by atoms with E-state index in [9.17, 15) is 4.79 Å². The average molecular weight is 234 g/mol. The zero-order chi connectivity index (χ0) is 12.3. The maximum absolute atomic E-state index is 11.8. The second kappa shape index (κ2) is 5.12. The average Bonchev–Trinajstić information content (AvgIpc) is 3.20. The van der Waals surface area contributed by atoms with Gasteiger partial charge in [-0.3, -0.25) is 4.79 Å². The predicted molar refractivity (Wildman–Crippen MR) is 65.8 cm³/mol. The Morgan fingerprint density at radius 2 is 2.24 bits per heavy atom. The van der Waals surface area contributed by atoms with Gasteiger partial charge in [0.15, 0.2) is 0 Å². The number of carbonyl (C=O) groups is 1. The van der Waals surface area contributed by atoms with Gasteiger partial charge in [0.25, 0.3) is 5.91 Å². The van der Waals surface area contributed by atoms with Crippen molar-refractivity contribution < 1.29 is 4.79 Å². The van der Waals surface area contributed by atoms with Crippen molar-refractivity contribution in [2.75, 3.05) is 18.9 Å². The molecule has 1 aromatic heterocycles. The molecule has 1 aliphatic carbocycles. The van der Waals surface area contributed by atoms with Crippen molar-refractivity contribution in [1.29, 1.82) is 0 Å². The number of carbonyl (C=O) groups excluding carboxylic acids is 1. The zero-order valence-corrected chi connectivity index (χ0v) is 10.2. The number of hydrogen-bond donors (Lipinski definition) is 2. The first-order chi connectivity index (χ1) is 8.20. The van der Waals surface area contributed by atoms with Gasteiger partial charge in [0, 0.05) is 13.6 Å². The van der Waals surface area contributed by atoms with Crippen molar-refractivity contribution in [2.45, 2.75) is 19.8 Å². The van der Waals surface area contributed by atoms with Gasteiger partial charge in [-0.15, -0.1) is 0 Å². The first-order valence-electron chi connectivity index (χ1n) is 5.98. The Kier molecular flexibility index (Phi) is 3.56. The van der Waals surface area contributed by atoms with Crippen LogP contribution >= 0.6 is 0 Å². The highest BCUT2D eigenvalue weighted by Crippen LogP contribution is 2.36. The van der Waals surface area contributed by atoms with Gasteiger partial charge in [0.05, 0.1) is 12.4 Å². The molecular weight excluding hydrogens is 216 g/mol. The first kappa shape index (κ1) is 11.8. The lowest BCUT2D eigenvalue weighted by Crippen LogP contribution is -2.29. The number of nitrogens with zero attached hydrogens (tertiary/aromatic N) is 2. The van der Waals surface area contributed by atoms with Gasteiger partial charge in [0.2, 0.25) is 0 Å². The molecule has 1 heterocycles. The summed E-state index contributed by atoms with van der Waals surface area (Å²) in [6.45, 7) is 2.90. The van der Waals surface area contributed by atoms with E-state index < -0.39 is 0 Å². The molecule has 1 saturated carbocycles. The summed E-state index contributed by atoms with van der Waals surface area (Å²) in [4.78, 5) is 19.9. The lowest BCUT2D eigenvalue weighted by Gasteiger charge is -2.10. The van der Waals surface area contributed by atoms with Crippen molar-refractivity contribution in [3.63, 3.8) is 0 Å². The van der Waals surface area contributed by atoms with E-state index in [-0.39, 0.29) is 5.91 Å². The smallest absolute Gasteiger partial charge is 0.271 e. The van der Waals surface area contributed by atoms with E-state index in [1.165, 1.54) is 19.0 Å². The minimum atomic E-state index is -0.146. The maximum atomic E-state index is 11.8. The van der Waals surface area contributed by atoms with Gasteiger partial charge in [-0.05, 0) is 24.7 Å². The summed E-state index contributed by atoms with van der Waals surface area (Å²) in [5, 5.41) is 5.76. The zero-order valence-electron chi connectivity index (χ0n) is 10.2. The highest BCUT2D eigenvalue weighted by atomic mass is 16.1. The van der Waals surface area contributed by atoms with Gasteiger partial charge >= 0.3 is 0 Å². The fourth-order valence-electron chi connectivity index (χ4n) is 1.75. The third-order valence-electron chi connectivity index (χ3n) is 3.15. The second-order valence-corrected chi connectivity index (χ2v) is 4.56. The summed E-state index contributed by atoms with van der Waals surface area (Å²) < 4.78 is 0. The van der Waals surface area contributed by atoms with Crippen LogP contribution in [0.2, 0.25) is 0 Å². The Bertz CT molecular complexity index is 386. The number of aromatic nitrogens is 2. The van der Waals surface area contributed by atoms with Crippen LogP contribution < -0.4 is 10.6 Å². The Hall–Kier alpha value is -1.65. The second-order valence-electron chi connectivity index (χ2n) is 4.56. The molecule has 5 heteroatoms. The maximum Gasteiger partial charge on any atom is 0.271 e. The third-order valence-corrected chi connectivity index (χ3v) is 3.15. The SMILES string of the molecule is CNc1cnc(C(=O)NCC(C)C2CC2)cn1. The number of hydrogen-bond acceptors (Lipinski definition) is 4. The van der Waals surface area contributed by atoms with Gasteiger partial charge in [-0.2, -0.15) is 0 Å². The van der Waals surface area contributed by atoms with Gasteiger partial charge in [-0.25, -0.2) is 9.97 Å². The van der Waals surface area contributed by atoms with Crippen molar-refractivity contribution in [3.8, 4) is 0 Å². The Morgan fingerprint density at radius 3 is 2.76 bits per heavy atom. The molecule has 2 N–H and O–H groups in total. The summed E-state index contributed by atoms with van der Waals surface area (Å²) in [5.41, 5.74) is 0.368. The first-order valence-corrected chi connectivity index (χ1v) is 5.98. The molecule has 1 unspecified atom stereocenters. The van der Waals surface area contributed by atoms with Crippen LogP contribution in [0.5, 0.6) is 0 Å². The number of nitrogens with one attached hydrogen (secondary N) is 2. The molecule has 0 aliphatic heterocycles. The van der Waals surface area contributed by atoms with Crippen molar-refractivity contribution in [2.24, 2.45) is 11.8 Å². The molecule has 0 radical (unpaired) electrons. The van der Waals surface area contributed by atoms with E-state index in [0.29, 0.717) is 17.4 Å². The number of anilines is 1.